The number of fused-ring (bicyclic) bond motifs is 1. The minimum absolute atomic E-state index is 0.0630. The van der Waals surface area contributed by atoms with Crippen molar-refractivity contribution in [3.63, 3.8) is 0 Å². The molecule has 2 aliphatic heterocycles. The van der Waals surface area contributed by atoms with Crippen molar-refractivity contribution in [3.05, 3.63) is 82.9 Å². The Labute approximate surface area is 214 Å². The number of hydrogen-bond acceptors (Lipinski definition) is 7. The number of rotatable bonds is 6. The number of methoxy groups -OCH3 is 2. The Bertz CT molecular complexity index is 1370. The van der Waals surface area contributed by atoms with Crippen LogP contribution in [0.3, 0.4) is 0 Å². The van der Waals surface area contributed by atoms with Crippen LogP contribution in [0.25, 0.3) is 5.76 Å². The van der Waals surface area contributed by atoms with E-state index in [2.05, 4.69) is 0 Å². The molecule has 1 N–H and O–H groups in total. The van der Waals surface area contributed by atoms with Gasteiger partial charge in [0.15, 0.2) is 11.5 Å². The summed E-state index contributed by atoms with van der Waals surface area (Å²) in [5, 5.41) is 11.6. The smallest absolute Gasteiger partial charge is 0.300 e. The number of carbonyl (C=O) groups is 2. The van der Waals surface area contributed by atoms with Gasteiger partial charge < -0.3 is 24.1 Å². The molecule has 1 saturated heterocycles. The van der Waals surface area contributed by atoms with Gasteiger partial charge in [-0.1, -0.05) is 37.3 Å². The minimum atomic E-state index is -0.900. The van der Waals surface area contributed by atoms with Crippen LogP contribution in [0.4, 0.5) is 5.69 Å². The number of ketones is 1. The predicted octanol–water partition coefficient (Wildman–Crippen LogP) is 4.66. The molecule has 0 aromatic heterocycles. The zero-order valence-electron chi connectivity index (χ0n) is 20.8. The molecule has 5 rings (SSSR count). The highest BCUT2D eigenvalue weighted by Gasteiger charge is 2.47. The molecule has 1 unspecified atom stereocenters. The van der Waals surface area contributed by atoms with Gasteiger partial charge in [0.25, 0.3) is 11.7 Å². The molecule has 0 radical (unpaired) electrons. The number of nitrogens with zero attached hydrogens (tertiary/aromatic N) is 1. The molecule has 0 spiro atoms. The van der Waals surface area contributed by atoms with Gasteiger partial charge in [-0.15, -0.1) is 0 Å². The Morgan fingerprint density at radius 1 is 0.946 bits per heavy atom. The van der Waals surface area contributed by atoms with Gasteiger partial charge in [0.1, 0.15) is 36.0 Å². The van der Waals surface area contributed by atoms with E-state index in [1.807, 2.05) is 31.2 Å². The van der Waals surface area contributed by atoms with Gasteiger partial charge in [-0.2, -0.15) is 0 Å². The third kappa shape index (κ3) is 4.14. The van der Waals surface area contributed by atoms with Gasteiger partial charge in [-0.3, -0.25) is 14.5 Å². The third-order valence-electron chi connectivity index (χ3n) is 6.62. The van der Waals surface area contributed by atoms with Gasteiger partial charge in [-0.25, -0.2) is 0 Å². The molecular weight excluding hydrogens is 474 g/mol. The number of aliphatic hydroxyl groups is 1. The van der Waals surface area contributed by atoms with E-state index in [-0.39, 0.29) is 16.9 Å². The van der Waals surface area contributed by atoms with Crippen LogP contribution in [0.1, 0.15) is 29.7 Å². The first-order valence-corrected chi connectivity index (χ1v) is 12.0. The summed E-state index contributed by atoms with van der Waals surface area (Å²) < 4.78 is 22.3. The van der Waals surface area contributed by atoms with Crippen molar-refractivity contribution in [3.8, 4) is 23.0 Å². The lowest BCUT2D eigenvalue weighted by molar-refractivity contribution is -0.132. The fourth-order valence-corrected chi connectivity index (χ4v) is 4.75. The molecule has 2 aliphatic rings. The number of aliphatic hydroxyl groups excluding tert-OH is 1. The molecule has 8 heteroatoms. The number of carbonyl (C=O) groups excluding carboxylic acids is 2. The monoisotopic (exact) mass is 501 g/mol. The minimum Gasteiger partial charge on any atom is -0.506 e. The fraction of sp³-hybridized carbons (Fsp3) is 0.241. The molecular formula is C29H27NO7. The van der Waals surface area contributed by atoms with E-state index in [4.69, 9.17) is 18.9 Å². The van der Waals surface area contributed by atoms with E-state index >= 15 is 0 Å². The average Bonchev–Trinajstić information content (AvgIpc) is 3.21. The molecule has 3 aromatic carbocycles. The Balaban J connectivity index is 1.74. The van der Waals surface area contributed by atoms with E-state index in [9.17, 15) is 14.7 Å². The summed E-state index contributed by atoms with van der Waals surface area (Å²) in [5.74, 6) is -0.296. The Morgan fingerprint density at radius 2 is 1.59 bits per heavy atom. The van der Waals surface area contributed by atoms with Gasteiger partial charge in [-0.05, 0) is 41.8 Å². The predicted molar refractivity (Wildman–Crippen MR) is 138 cm³/mol. The molecule has 1 fully saturated rings. The van der Waals surface area contributed by atoms with Crippen LogP contribution in [-0.2, 0) is 16.0 Å². The molecule has 0 bridgehead atoms. The number of hydrogen-bond donors (Lipinski definition) is 1. The van der Waals surface area contributed by atoms with Gasteiger partial charge in [0.05, 0.1) is 25.8 Å². The second-order valence-corrected chi connectivity index (χ2v) is 8.63. The van der Waals surface area contributed by atoms with Gasteiger partial charge in [0.2, 0.25) is 0 Å². The molecule has 2 heterocycles. The Morgan fingerprint density at radius 3 is 2.22 bits per heavy atom. The van der Waals surface area contributed by atoms with Crippen molar-refractivity contribution in [1.82, 2.24) is 0 Å². The summed E-state index contributed by atoms with van der Waals surface area (Å²) in [6, 6.07) is 16.8. The first-order chi connectivity index (χ1) is 18.0. The molecule has 3 aromatic rings. The zero-order valence-corrected chi connectivity index (χ0v) is 20.8. The number of aryl methyl sites for hydroxylation is 1. The maximum Gasteiger partial charge on any atom is 0.300 e. The second-order valence-electron chi connectivity index (χ2n) is 8.63. The van der Waals surface area contributed by atoms with Crippen LogP contribution in [-0.4, -0.2) is 44.2 Å². The molecule has 0 aliphatic carbocycles. The van der Waals surface area contributed by atoms with Crippen molar-refractivity contribution >= 4 is 23.1 Å². The lowest BCUT2D eigenvalue weighted by Gasteiger charge is -2.27. The number of Topliss-reactive ketones (excluding diaryl/α,β-unsaturated/α-hetero) is 1. The highest BCUT2D eigenvalue weighted by Crippen LogP contribution is 2.46. The third-order valence-corrected chi connectivity index (χ3v) is 6.62. The number of ether oxygens (including phenoxy) is 4. The van der Waals surface area contributed by atoms with Crippen molar-refractivity contribution in [1.29, 1.82) is 0 Å². The van der Waals surface area contributed by atoms with Crippen molar-refractivity contribution in [2.75, 3.05) is 32.3 Å². The summed E-state index contributed by atoms with van der Waals surface area (Å²) in [4.78, 5) is 28.5. The quantitative estimate of drug-likeness (QED) is 0.298. The topological polar surface area (TPSA) is 94.5 Å². The van der Waals surface area contributed by atoms with Crippen LogP contribution in [0.15, 0.2) is 66.2 Å². The zero-order chi connectivity index (χ0) is 26.1. The highest BCUT2D eigenvalue weighted by atomic mass is 16.6. The van der Waals surface area contributed by atoms with E-state index in [1.165, 1.54) is 19.1 Å². The van der Waals surface area contributed by atoms with Crippen molar-refractivity contribution < 1.29 is 33.6 Å². The Hall–Kier alpha value is -4.46. The maximum atomic E-state index is 13.6. The summed E-state index contributed by atoms with van der Waals surface area (Å²) in [5.41, 5.74) is 2.35. The van der Waals surface area contributed by atoms with Crippen LogP contribution < -0.4 is 23.8 Å². The largest absolute Gasteiger partial charge is 0.506 e. The van der Waals surface area contributed by atoms with Crippen LogP contribution in [0.5, 0.6) is 23.0 Å². The SMILES string of the molecule is CCc1ccc(C2/C(=C(\O)c3c(OC)cccc3OC)C(=O)C(=O)N2c2ccc3c(c2)OCCO3)cc1. The van der Waals surface area contributed by atoms with E-state index in [1.54, 1.807) is 36.4 Å². The summed E-state index contributed by atoms with van der Waals surface area (Å²) in [6.07, 6.45) is 0.834. The molecule has 0 saturated carbocycles. The number of benzene rings is 3. The number of amides is 1. The standard InChI is InChI=1S/C29H27NO7/c1-4-17-8-10-18(11-9-17)26-25(27(31)24-21(34-2)6-5-7-22(24)35-3)28(32)29(33)30(26)19-12-13-20-23(16-19)37-15-14-36-20/h5-13,16,26,31H,4,14-15H2,1-3H3/b27-25+. The lowest BCUT2D eigenvalue weighted by atomic mass is 9.93. The van der Waals surface area contributed by atoms with E-state index in [0.29, 0.717) is 47.5 Å². The lowest BCUT2D eigenvalue weighted by Crippen LogP contribution is -2.29. The van der Waals surface area contributed by atoms with Crippen molar-refractivity contribution in [2.45, 2.75) is 19.4 Å². The summed E-state index contributed by atoms with van der Waals surface area (Å²) in [6.45, 7) is 2.86. The van der Waals surface area contributed by atoms with E-state index in [0.717, 1.165) is 12.0 Å². The molecule has 1 atom stereocenters. The first-order valence-electron chi connectivity index (χ1n) is 12.0. The first kappa shape index (κ1) is 24.2. The Kier molecular flexibility index (Phi) is 6.48. The molecule has 37 heavy (non-hydrogen) atoms. The highest BCUT2D eigenvalue weighted by molar-refractivity contribution is 6.51. The fourth-order valence-electron chi connectivity index (χ4n) is 4.75. The van der Waals surface area contributed by atoms with Gasteiger partial charge in [0, 0.05) is 11.8 Å². The van der Waals surface area contributed by atoms with Crippen LogP contribution in [0, 0.1) is 0 Å². The molecule has 1 amide bonds. The van der Waals surface area contributed by atoms with Crippen molar-refractivity contribution in [2.24, 2.45) is 0 Å². The molecule has 190 valence electrons. The number of anilines is 1. The second kappa shape index (κ2) is 9.89. The maximum absolute atomic E-state index is 13.6. The average molecular weight is 502 g/mol. The molecule has 8 nitrogen and oxygen atoms in total. The summed E-state index contributed by atoms with van der Waals surface area (Å²) >= 11 is 0. The van der Waals surface area contributed by atoms with Crippen LogP contribution >= 0.6 is 0 Å². The summed E-state index contributed by atoms with van der Waals surface area (Å²) in [7, 11) is 2.92. The van der Waals surface area contributed by atoms with E-state index < -0.39 is 17.7 Å². The normalized spacial score (nSPS) is 18.1. The van der Waals surface area contributed by atoms with Crippen LogP contribution in [0.2, 0.25) is 0 Å². The van der Waals surface area contributed by atoms with Gasteiger partial charge >= 0.3 is 0 Å².